The number of nitrogens with zero attached hydrogens (tertiary/aromatic N) is 1. The van der Waals surface area contributed by atoms with Crippen molar-refractivity contribution in [3.05, 3.63) is 11.5 Å². The first-order chi connectivity index (χ1) is 5.13. The van der Waals surface area contributed by atoms with Crippen molar-refractivity contribution in [2.24, 2.45) is 10.7 Å². The van der Waals surface area contributed by atoms with Gasteiger partial charge in [0, 0.05) is 18.7 Å². The Balaban J connectivity index is 2.98. The zero-order valence-corrected chi connectivity index (χ0v) is 6.17. The number of carbonyl (C=O) groups excluding carboxylic acids is 1. The van der Waals surface area contributed by atoms with Gasteiger partial charge in [-0.2, -0.15) is 0 Å². The zero-order chi connectivity index (χ0) is 8.43. The van der Waals surface area contributed by atoms with Gasteiger partial charge in [-0.3, -0.25) is 9.79 Å². The third kappa shape index (κ3) is 1.51. The van der Waals surface area contributed by atoms with Gasteiger partial charge >= 0.3 is 0 Å². The predicted octanol–water partition coefficient (Wildman–Crippen LogP) is 0.558. The van der Waals surface area contributed by atoms with E-state index in [1.807, 2.05) is 0 Å². The van der Waals surface area contributed by atoms with Crippen LogP contribution in [0.4, 0.5) is 4.39 Å². The van der Waals surface area contributed by atoms with Crippen molar-refractivity contribution in [3.8, 4) is 0 Å². The number of rotatable bonds is 1. The number of carbonyl (C=O) groups is 1. The number of nitrogens with two attached hydrogens (primary N) is 1. The molecule has 0 fully saturated rings. The summed E-state index contributed by atoms with van der Waals surface area (Å²) >= 11 is 0. The fraction of sp³-hybridized carbons (Fsp3) is 0.429. The van der Waals surface area contributed by atoms with Gasteiger partial charge in [0.05, 0.1) is 5.70 Å². The number of Topliss-reactive ketones (excluding diaryl/α,β-unsaturated/α-hetero) is 1. The lowest BCUT2D eigenvalue weighted by Crippen LogP contribution is -2.22. The fourth-order valence-electron chi connectivity index (χ4n) is 0.833. The second-order valence-electron chi connectivity index (χ2n) is 2.43. The van der Waals surface area contributed by atoms with E-state index in [1.54, 1.807) is 6.92 Å². The number of hydrogen-bond acceptors (Lipinski definition) is 3. The van der Waals surface area contributed by atoms with Gasteiger partial charge in [0.25, 0.3) is 0 Å². The number of allylic oxidation sites excluding steroid dienone is 1. The van der Waals surface area contributed by atoms with Crippen LogP contribution in [0.15, 0.2) is 16.5 Å². The largest absolute Gasteiger partial charge is 0.323 e. The summed E-state index contributed by atoms with van der Waals surface area (Å²) in [7, 11) is 0. The Morgan fingerprint density at radius 2 is 2.45 bits per heavy atom. The topological polar surface area (TPSA) is 55.5 Å². The summed E-state index contributed by atoms with van der Waals surface area (Å²) in [5.74, 6) is -1.32. The molecular weight excluding hydrogens is 147 g/mol. The monoisotopic (exact) mass is 156 g/mol. The van der Waals surface area contributed by atoms with Crippen LogP contribution in [0.1, 0.15) is 13.3 Å². The molecule has 1 atom stereocenters. The summed E-state index contributed by atoms with van der Waals surface area (Å²) in [4.78, 5) is 14.4. The molecule has 0 amide bonds. The minimum Gasteiger partial charge on any atom is -0.323 e. The lowest BCUT2D eigenvalue weighted by molar-refractivity contribution is -0.116. The minimum atomic E-state index is -0.789. The van der Waals surface area contributed by atoms with Crippen molar-refractivity contribution < 1.29 is 9.18 Å². The van der Waals surface area contributed by atoms with Crippen molar-refractivity contribution in [1.82, 2.24) is 0 Å². The molecule has 0 unspecified atom stereocenters. The van der Waals surface area contributed by atoms with Crippen LogP contribution in [0.5, 0.6) is 0 Å². The highest BCUT2D eigenvalue weighted by Gasteiger charge is 2.19. The first-order valence-corrected chi connectivity index (χ1v) is 3.34. The van der Waals surface area contributed by atoms with Crippen molar-refractivity contribution in [1.29, 1.82) is 0 Å². The molecule has 1 aliphatic heterocycles. The van der Waals surface area contributed by atoms with Gasteiger partial charge in [0.1, 0.15) is 0 Å². The van der Waals surface area contributed by atoms with Gasteiger partial charge in [-0.15, -0.1) is 0 Å². The van der Waals surface area contributed by atoms with E-state index in [9.17, 15) is 9.18 Å². The summed E-state index contributed by atoms with van der Waals surface area (Å²) in [5, 5.41) is 0. The van der Waals surface area contributed by atoms with Gasteiger partial charge in [-0.25, -0.2) is 4.39 Å². The molecule has 0 radical (unpaired) electrons. The molecule has 0 spiro atoms. The quantitative estimate of drug-likeness (QED) is 0.603. The number of hydrogen-bond donors (Lipinski definition) is 1. The Morgan fingerprint density at radius 3 is 2.91 bits per heavy atom. The van der Waals surface area contributed by atoms with Crippen LogP contribution in [0.25, 0.3) is 0 Å². The summed E-state index contributed by atoms with van der Waals surface area (Å²) in [6.45, 7) is 1.59. The molecule has 0 aromatic rings. The van der Waals surface area contributed by atoms with E-state index in [4.69, 9.17) is 5.73 Å². The molecule has 0 saturated heterocycles. The molecule has 3 nitrogen and oxygen atoms in total. The standard InChI is InChI=1S/C7H9FN2O/c1-4(9)7-6(8)5(11)2-3-10-7/h3-4H,2,9H2,1H3/t4-/m0/s1. The summed E-state index contributed by atoms with van der Waals surface area (Å²) in [6.07, 6.45) is 1.42. The molecule has 0 bridgehead atoms. The highest BCUT2D eigenvalue weighted by atomic mass is 19.1. The normalized spacial score (nSPS) is 20.8. The molecule has 2 N–H and O–H groups in total. The van der Waals surface area contributed by atoms with Crippen LogP contribution in [0.3, 0.4) is 0 Å². The van der Waals surface area contributed by atoms with E-state index < -0.39 is 17.7 Å². The Morgan fingerprint density at radius 1 is 1.82 bits per heavy atom. The van der Waals surface area contributed by atoms with E-state index in [0.29, 0.717) is 0 Å². The Kier molecular flexibility index (Phi) is 2.14. The summed E-state index contributed by atoms with van der Waals surface area (Å²) in [6, 6.07) is -0.518. The van der Waals surface area contributed by atoms with E-state index in [-0.39, 0.29) is 12.1 Å². The van der Waals surface area contributed by atoms with Gasteiger partial charge in [-0.1, -0.05) is 0 Å². The summed E-state index contributed by atoms with van der Waals surface area (Å²) in [5.41, 5.74) is 5.41. The number of ketones is 1. The Bertz CT molecular complexity index is 243. The van der Waals surface area contributed by atoms with E-state index in [2.05, 4.69) is 4.99 Å². The van der Waals surface area contributed by atoms with E-state index in [0.717, 1.165) is 0 Å². The van der Waals surface area contributed by atoms with Crippen LogP contribution < -0.4 is 5.73 Å². The van der Waals surface area contributed by atoms with E-state index >= 15 is 0 Å². The first-order valence-electron chi connectivity index (χ1n) is 3.34. The van der Waals surface area contributed by atoms with Gasteiger partial charge < -0.3 is 5.73 Å². The van der Waals surface area contributed by atoms with Crippen molar-refractivity contribution in [3.63, 3.8) is 0 Å². The van der Waals surface area contributed by atoms with Crippen LogP contribution in [-0.4, -0.2) is 18.0 Å². The smallest absolute Gasteiger partial charge is 0.198 e. The van der Waals surface area contributed by atoms with Gasteiger partial charge in [-0.05, 0) is 6.92 Å². The van der Waals surface area contributed by atoms with Gasteiger partial charge in [0.15, 0.2) is 11.6 Å². The molecule has 0 aromatic carbocycles. The third-order valence-corrected chi connectivity index (χ3v) is 1.41. The maximum atomic E-state index is 12.8. The van der Waals surface area contributed by atoms with Crippen molar-refractivity contribution in [2.45, 2.75) is 19.4 Å². The molecule has 1 aliphatic rings. The molecular formula is C7H9FN2O. The van der Waals surface area contributed by atoms with Crippen molar-refractivity contribution in [2.75, 3.05) is 0 Å². The zero-order valence-electron chi connectivity index (χ0n) is 6.17. The second kappa shape index (κ2) is 2.92. The highest BCUT2D eigenvalue weighted by Crippen LogP contribution is 2.16. The molecule has 0 aliphatic carbocycles. The molecule has 4 heteroatoms. The first kappa shape index (κ1) is 8.07. The Hall–Kier alpha value is -1.03. The van der Waals surface area contributed by atoms with Crippen LogP contribution in [0, 0.1) is 0 Å². The summed E-state index contributed by atoms with van der Waals surface area (Å²) < 4.78 is 12.8. The SMILES string of the molecule is C[C@H](N)C1=C(F)C(=O)CC=N1. The van der Waals surface area contributed by atoms with Crippen molar-refractivity contribution >= 4 is 12.0 Å². The van der Waals surface area contributed by atoms with Crippen LogP contribution in [0.2, 0.25) is 0 Å². The molecule has 1 heterocycles. The maximum absolute atomic E-state index is 12.8. The number of halogens is 1. The van der Waals surface area contributed by atoms with Crippen LogP contribution >= 0.6 is 0 Å². The lowest BCUT2D eigenvalue weighted by atomic mass is 10.1. The number of aliphatic imine (C=N–C) groups is 1. The Labute approximate surface area is 63.8 Å². The molecule has 0 saturated carbocycles. The highest BCUT2D eigenvalue weighted by molar-refractivity contribution is 6.04. The third-order valence-electron chi connectivity index (χ3n) is 1.41. The van der Waals surface area contributed by atoms with Gasteiger partial charge in [0.2, 0.25) is 0 Å². The second-order valence-corrected chi connectivity index (χ2v) is 2.43. The minimum absolute atomic E-state index is 0.0437. The average molecular weight is 156 g/mol. The molecule has 11 heavy (non-hydrogen) atoms. The fourth-order valence-corrected chi connectivity index (χ4v) is 0.833. The molecule has 60 valence electrons. The average Bonchev–Trinajstić information content (AvgIpc) is 1.94. The van der Waals surface area contributed by atoms with E-state index in [1.165, 1.54) is 6.21 Å². The predicted molar refractivity (Wildman–Crippen MR) is 39.9 cm³/mol. The lowest BCUT2D eigenvalue weighted by Gasteiger charge is -2.10. The maximum Gasteiger partial charge on any atom is 0.198 e. The molecule has 1 rings (SSSR count). The molecule has 0 aromatic heterocycles. The van der Waals surface area contributed by atoms with Crippen LogP contribution in [-0.2, 0) is 4.79 Å².